The van der Waals surface area contributed by atoms with Crippen LogP contribution in [0.3, 0.4) is 0 Å². The lowest BCUT2D eigenvalue weighted by atomic mass is 9.95. The molecule has 1 heterocycles. The molecule has 0 radical (unpaired) electrons. The van der Waals surface area contributed by atoms with E-state index in [1.54, 1.807) is 12.1 Å². The van der Waals surface area contributed by atoms with Gasteiger partial charge in [0.1, 0.15) is 18.3 Å². The fraction of sp³-hybridized carbons (Fsp3) is 0.0833. The van der Waals surface area contributed by atoms with E-state index in [1.807, 2.05) is 42.5 Å². The molecule has 30 heavy (non-hydrogen) atoms. The Hall–Kier alpha value is -3.08. The van der Waals surface area contributed by atoms with Crippen LogP contribution in [0.5, 0.6) is 5.75 Å². The lowest BCUT2D eigenvalue weighted by Crippen LogP contribution is -2.12. The zero-order valence-corrected chi connectivity index (χ0v) is 17.2. The number of hydrogen-bond acceptors (Lipinski definition) is 4. The maximum atomic E-state index is 12.8. The Morgan fingerprint density at radius 3 is 2.37 bits per heavy atom. The highest BCUT2D eigenvalue weighted by atomic mass is 35.5. The first-order valence-corrected chi connectivity index (χ1v) is 9.95. The second-order valence-corrected chi connectivity index (χ2v) is 7.65. The van der Waals surface area contributed by atoms with Crippen molar-refractivity contribution in [3.05, 3.63) is 105 Å². The van der Waals surface area contributed by atoms with Crippen LogP contribution in [-0.2, 0) is 20.9 Å². The summed E-state index contributed by atoms with van der Waals surface area (Å²) in [5, 5.41) is 0.692. The Morgan fingerprint density at radius 1 is 0.900 bits per heavy atom. The Bertz CT molecular complexity index is 1120. The van der Waals surface area contributed by atoms with Crippen LogP contribution in [0.1, 0.15) is 22.6 Å². The molecule has 1 unspecified atom stereocenters. The lowest BCUT2D eigenvalue weighted by molar-refractivity contribution is -0.136. The zero-order valence-electron chi connectivity index (χ0n) is 15.7. The van der Waals surface area contributed by atoms with E-state index in [0.29, 0.717) is 33.5 Å². The van der Waals surface area contributed by atoms with Crippen molar-refractivity contribution in [2.75, 3.05) is 0 Å². The Morgan fingerprint density at radius 2 is 1.63 bits per heavy atom. The van der Waals surface area contributed by atoms with E-state index in [9.17, 15) is 9.59 Å². The molecular formula is C24H16Cl2O4. The van der Waals surface area contributed by atoms with Crippen molar-refractivity contribution in [2.24, 2.45) is 0 Å². The number of allylic oxidation sites excluding steroid dienone is 1. The predicted octanol–water partition coefficient (Wildman–Crippen LogP) is 5.82. The van der Waals surface area contributed by atoms with Gasteiger partial charge in [0.2, 0.25) is 5.78 Å². The molecule has 0 saturated carbocycles. The molecule has 0 N–H and O–H groups in total. The number of halogens is 2. The third kappa shape index (κ3) is 4.56. The van der Waals surface area contributed by atoms with E-state index < -0.39 is 17.7 Å². The van der Waals surface area contributed by atoms with Crippen molar-refractivity contribution in [1.29, 1.82) is 0 Å². The summed E-state index contributed by atoms with van der Waals surface area (Å²) in [4.78, 5) is 25.1. The van der Waals surface area contributed by atoms with Gasteiger partial charge in [-0.2, -0.15) is 0 Å². The average Bonchev–Trinajstić information content (AvgIpc) is 3.00. The van der Waals surface area contributed by atoms with Gasteiger partial charge >= 0.3 is 5.97 Å². The highest BCUT2D eigenvalue weighted by Gasteiger charge is 2.41. The van der Waals surface area contributed by atoms with Gasteiger partial charge in [-0.25, -0.2) is 0 Å². The number of ether oxygens (including phenoxy) is 2. The van der Waals surface area contributed by atoms with E-state index in [1.165, 1.54) is 24.3 Å². The molecule has 3 aromatic rings. The molecule has 0 spiro atoms. The first kappa shape index (κ1) is 20.2. The summed E-state index contributed by atoms with van der Waals surface area (Å²) in [5.74, 6) is -1.55. The number of carbonyl (C=O) groups excluding carboxylic acids is 2. The average molecular weight is 439 g/mol. The minimum absolute atomic E-state index is 0.0266. The van der Waals surface area contributed by atoms with Crippen molar-refractivity contribution < 1.29 is 19.1 Å². The van der Waals surface area contributed by atoms with Crippen LogP contribution < -0.4 is 4.74 Å². The highest BCUT2D eigenvalue weighted by molar-refractivity contribution is 6.35. The van der Waals surface area contributed by atoms with E-state index in [4.69, 9.17) is 32.7 Å². The number of benzene rings is 3. The van der Waals surface area contributed by atoms with Crippen LogP contribution >= 0.6 is 23.2 Å². The normalized spacial score (nSPS) is 17.3. The molecule has 6 heteroatoms. The second kappa shape index (κ2) is 8.74. The fourth-order valence-corrected chi connectivity index (χ4v) is 3.73. The van der Waals surface area contributed by atoms with Gasteiger partial charge in [0, 0.05) is 10.0 Å². The maximum Gasteiger partial charge on any atom is 0.327 e. The minimum atomic E-state index is -1.08. The van der Waals surface area contributed by atoms with Crippen molar-refractivity contribution in [2.45, 2.75) is 12.5 Å². The molecule has 1 atom stereocenters. The predicted molar refractivity (Wildman–Crippen MR) is 115 cm³/mol. The molecule has 1 saturated heterocycles. The lowest BCUT2D eigenvalue weighted by Gasteiger charge is -2.07. The molecule has 4 rings (SSSR count). The van der Waals surface area contributed by atoms with E-state index in [2.05, 4.69) is 0 Å². The minimum Gasteiger partial charge on any atom is -0.489 e. The van der Waals surface area contributed by atoms with Crippen LogP contribution in [0.4, 0.5) is 0 Å². The number of carbonyl (C=O) groups is 2. The topological polar surface area (TPSA) is 52.6 Å². The van der Waals surface area contributed by atoms with Crippen molar-refractivity contribution in [1.82, 2.24) is 0 Å². The first-order valence-electron chi connectivity index (χ1n) is 9.20. The summed E-state index contributed by atoms with van der Waals surface area (Å²) in [7, 11) is 0. The smallest absolute Gasteiger partial charge is 0.327 e. The molecule has 3 aromatic carbocycles. The molecule has 150 valence electrons. The number of Topliss-reactive ketones (excluding diaryl/α,β-unsaturated/α-hetero) is 1. The number of esters is 1. The summed E-state index contributed by atoms with van der Waals surface area (Å²) in [6, 6.07) is 21.6. The largest absolute Gasteiger partial charge is 0.489 e. The Balaban J connectivity index is 1.53. The van der Waals surface area contributed by atoms with Crippen LogP contribution in [0, 0.1) is 0 Å². The van der Waals surface area contributed by atoms with Crippen LogP contribution in [0.2, 0.25) is 10.0 Å². The maximum absolute atomic E-state index is 12.8. The molecule has 0 aliphatic carbocycles. The second-order valence-electron chi connectivity index (χ2n) is 6.78. The third-order valence-corrected chi connectivity index (χ3v) is 5.01. The molecule has 0 amide bonds. The van der Waals surface area contributed by atoms with Crippen molar-refractivity contribution in [3.8, 4) is 5.75 Å². The van der Waals surface area contributed by atoms with Gasteiger partial charge in [-0.1, -0.05) is 65.7 Å². The molecular weight excluding hydrogens is 423 g/mol. The summed E-state index contributed by atoms with van der Waals surface area (Å²) in [6.07, 6.45) is 1.53. The van der Waals surface area contributed by atoms with Gasteiger partial charge in [0.15, 0.2) is 5.76 Å². The number of hydrogen-bond donors (Lipinski definition) is 0. The Labute approximate surface area is 183 Å². The molecule has 1 aliphatic heterocycles. The number of cyclic esters (lactones) is 1. The number of ketones is 1. The van der Waals surface area contributed by atoms with Crippen LogP contribution in [0.15, 0.2) is 78.6 Å². The van der Waals surface area contributed by atoms with Crippen molar-refractivity contribution in [3.63, 3.8) is 0 Å². The van der Waals surface area contributed by atoms with Gasteiger partial charge in [0.05, 0.1) is 0 Å². The third-order valence-electron chi connectivity index (χ3n) is 4.57. The van der Waals surface area contributed by atoms with Gasteiger partial charge in [0.25, 0.3) is 0 Å². The summed E-state index contributed by atoms with van der Waals surface area (Å²) in [5.41, 5.74) is 2.14. The molecule has 1 fully saturated rings. The van der Waals surface area contributed by atoms with Crippen molar-refractivity contribution >= 4 is 41.0 Å². The monoisotopic (exact) mass is 438 g/mol. The zero-order chi connectivity index (χ0) is 21.1. The quantitative estimate of drug-likeness (QED) is 0.286. The first-order chi connectivity index (χ1) is 14.5. The van der Waals surface area contributed by atoms with E-state index in [-0.39, 0.29) is 5.76 Å². The van der Waals surface area contributed by atoms with E-state index in [0.717, 1.165) is 5.56 Å². The molecule has 4 nitrogen and oxygen atoms in total. The SMILES string of the molecule is O=C1OC(=Cc2cccc(OCc3ccccc3)c2)C(=O)C1c1cc(Cl)cc(Cl)c1. The van der Waals surface area contributed by atoms with E-state index >= 15 is 0 Å². The molecule has 0 bridgehead atoms. The highest BCUT2D eigenvalue weighted by Crippen LogP contribution is 2.34. The summed E-state index contributed by atoms with van der Waals surface area (Å²) in [6.45, 7) is 0.423. The van der Waals surface area contributed by atoms with Crippen LogP contribution in [0.25, 0.3) is 6.08 Å². The summed E-state index contributed by atoms with van der Waals surface area (Å²) < 4.78 is 11.0. The standard InChI is InChI=1S/C24H16Cl2O4/c25-18-11-17(12-19(26)13-18)22-23(27)21(30-24(22)28)10-16-7-4-8-20(9-16)29-14-15-5-2-1-3-6-15/h1-13,22H,14H2. The summed E-state index contributed by atoms with van der Waals surface area (Å²) >= 11 is 12.0. The molecule has 0 aromatic heterocycles. The van der Waals surface area contributed by atoms with Gasteiger partial charge < -0.3 is 9.47 Å². The molecule has 1 aliphatic rings. The van der Waals surface area contributed by atoms with Gasteiger partial charge in [-0.3, -0.25) is 9.59 Å². The fourth-order valence-electron chi connectivity index (χ4n) is 3.18. The Kier molecular flexibility index (Phi) is 5.88. The van der Waals surface area contributed by atoms with Crippen LogP contribution in [-0.4, -0.2) is 11.8 Å². The number of rotatable bonds is 5. The van der Waals surface area contributed by atoms with Gasteiger partial charge in [-0.15, -0.1) is 0 Å². The van der Waals surface area contributed by atoms with Gasteiger partial charge in [-0.05, 0) is 53.1 Å².